The quantitative estimate of drug-likeness (QED) is 0.0825. The Balaban J connectivity index is 1.56. The van der Waals surface area contributed by atoms with Crippen molar-refractivity contribution in [2.75, 3.05) is 0 Å². The standard InChI is InChI=1S/C38H46Br2O2S4/c1-5-9-12-14-17-24-20-28(44-37(24)39)35-30-31(36(46-35)29-21-25(38(40)45-29)18-15-13-10-6-2)33(42)34-27(32(30)41)22-26(43-34)19-23(8-4)16-11-7-3/h20-23H,5-19H2,1-4H3. The lowest BCUT2D eigenvalue weighted by molar-refractivity contribution is 0.0984. The van der Waals surface area contributed by atoms with Crippen LogP contribution in [0.5, 0.6) is 0 Å². The number of hydrogen-bond donors (Lipinski definition) is 0. The monoisotopic (exact) mass is 820 g/mol. The molecule has 4 heterocycles. The number of fused-ring (bicyclic) bond motifs is 2. The van der Waals surface area contributed by atoms with E-state index in [4.69, 9.17) is 0 Å². The van der Waals surface area contributed by atoms with Crippen molar-refractivity contribution in [3.8, 4) is 19.5 Å². The lowest BCUT2D eigenvalue weighted by atomic mass is 9.88. The Hall–Kier alpha value is -0.900. The summed E-state index contributed by atoms with van der Waals surface area (Å²) in [5.41, 5.74) is 4.48. The van der Waals surface area contributed by atoms with Crippen LogP contribution in [-0.4, -0.2) is 11.6 Å². The minimum Gasteiger partial charge on any atom is -0.288 e. The van der Waals surface area contributed by atoms with Crippen LogP contribution in [0.1, 0.15) is 152 Å². The molecule has 0 spiro atoms. The molecular formula is C38H46Br2O2S4. The Morgan fingerprint density at radius 2 is 1.15 bits per heavy atom. The van der Waals surface area contributed by atoms with Crippen molar-refractivity contribution in [2.24, 2.45) is 5.92 Å². The van der Waals surface area contributed by atoms with Crippen LogP contribution in [0.15, 0.2) is 25.8 Å². The predicted octanol–water partition coefficient (Wildman–Crippen LogP) is 14.6. The summed E-state index contributed by atoms with van der Waals surface area (Å²) in [6, 6.07) is 6.59. The zero-order valence-electron chi connectivity index (χ0n) is 27.6. The summed E-state index contributed by atoms with van der Waals surface area (Å²) in [5, 5.41) is 0. The molecule has 248 valence electrons. The molecular weight excluding hydrogens is 776 g/mol. The first kappa shape index (κ1) is 36.4. The minimum absolute atomic E-state index is 0.0237. The Bertz CT molecular complexity index is 1540. The van der Waals surface area contributed by atoms with Crippen LogP contribution < -0.4 is 0 Å². The molecule has 1 aliphatic rings. The molecule has 2 nitrogen and oxygen atoms in total. The van der Waals surface area contributed by atoms with E-state index in [9.17, 15) is 9.59 Å². The number of hydrogen-bond acceptors (Lipinski definition) is 6. The number of carbonyl (C=O) groups is 2. The molecule has 0 aromatic carbocycles. The van der Waals surface area contributed by atoms with Crippen molar-refractivity contribution in [1.82, 2.24) is 0 Å². The van der Waals surface area contributed by atoms with Crippen LogP contribution in [0.25, 0.3) is 19.5 Å². The Morgan fingerprint density at radius 1 is 0.609 bits per heavy atom. The van der Waals surface area contributed by atoms with Gasteiger partial charge in [0.15, 0.2) is 5.78 Å². The number of unbranched alkanes of at least 4 members (excludes halogenated alkanes) is 7. The average Bonchev–Trinajstić information content (AvgIpc) is 3.83. The van der Waals surface area contributed by atoms with Gasteiger partial charge in [0, 0.05) is 20.2 Å². The summed E-state index contributed by atoms with van der Waals surface area (Å²) < 4.78 is 2.28. The third-order valence-corrected chi connectivity index (χ3v) is 15.8. The molecule has 0 fully saturated rings. The van der Waals surface area contributed by atoms with Crippen LogP contribution in [0.3, 0.4) is 0 Å². The van der Waals surface area contributed by atoms with E-state index in [-0.39, 0.29) is 11.6 Å². The van der Waals surface area contributed by atoms with Gasteiger partial charge in [0.25, 0.3) is 0 Å². The maximum absolute atomic E-state index is 14.5. The molecule has 1 unspecified atom stereocenters. The van der Waals surface area contributed by atoms with Crippen molar-refractivity contribution in [2.45, 2.75) is 124 Å². The summed E-state index contributed by atoms with van der Waals surface area (Å²) >= 11 is 14.3. The lowest BCUT2D eigenvalue weighted by Gasteiger charge is -2.12. The van der Waals surface area contributed by atoms with Crippen molar-refractivity contribution in [3.63, 3.8) is 0 Å². The third-order valence-electron chi connectivity index (χ3n) is 9.19. The highest BCUT2D eigenvalue weighted by molar-refractivity contribution is 9.11. The number of rotatable bonds is 18. The van der Waals surface area contributed by atoms with Gasteiger partial charge in [-0.1, -0.05) is 91.9 Å². The zero-order valence-corrected chi connectivity index (χ0v) is 34.1. The first-order valence-corrected chi connectivity index (χ1v) is 22.1. The molecule has 1 aliphatic carbocycles. The third kappa shape index (κ3) is 8.10. The average molecular weight is 823 g/mol. The second kappa shape index (κ2) is 17.2. The lowest BCUT2D eigenvalue weighted by Crippen LogP contribution is -2.18. The highest BCUT2D eigenvalue weighted by atomic mass is 79.9. The molecule has 0 aliphatic heterocycles. The van der Waals surface area contributed by atoms with E-state index in [1.54, 1.807) is 45.3 Å². The molecule has 5 rings (SSSR count). The van der Waals surface area contributed by atoms with Crippen molar-refractivity contribution in [3.05, 3.63) is 63.3 Å². The first-order chi connectivity index (χ1) is 22.3. The molecule has 0 amide bonds. The van der Waals surface area contributed by atoms with E-state index in [2.05, 4.69) is 77.8 Å². The highest BCUT2D eigenvalue weighted by Gasteiger charge is 2.39. The molecule has 0 saturated heterocycles. The SMILES string of the molecule is CCCCCCc1cc(-c2sc(-c3cc(CCCCCC)c(Br)s3)c3c2C(=O)c2cc(CC(CC)CCCC)sc2C3=O)sc1Br. The Morgan fingerprint density at radius 3 is 1.67 bits per heavy atom. The molecule has 8 heteroatoms. The van der Waals surface area contributed by atoms with Gasteiger partial charge in [0.2, 0.25) is 5.78 Å². The van der Waals surface area contributed by atoms with Crippen LogP contribution in [-0.2, 0) is 19.3 Å². The van der Waals surface area contributed by atoms with Crippen LogP contribution in [0, 0.1) is 5.92 Å². The van der Waals surface area contributed by atoms with E-state index < -0.39 is 0 Å². The van der Waals surface area contributed by atoms with Crippen LogP contribution >= 0.6 is 77.2 Å². The second-order valence-corrected chi connectivity index (χ2v) is 19.6. The molecule has 4 aromatic heterocycles. The van der Waals surface area contributed by atoms with Gasteiger partial charge < -0.3 is 0 Å². The summed E-state index contributed by atoms with van der Waals surface area (Å²) in [5.74, 6) is 0.642. The Kier molecular flexibility index (Phi) is 13.6. The van der Waals surface area contributed by atoms with Gasteiger partial charge in [-0.15, -0.1) is 45.3 Å². The van der Waals surface area contributed by atoms with E-state index in [1.165, 1.54) is 73.8 Å². The van der Waals surface area contributed by atoms with Crippen molar-refractivity contribution in [1.29, 1.82) is 0 Å². The van der Waals surface area contributed by atoms with Gasteiger partial charge in [-0.3, -0.25) is 9.59 Å². The number of halogens is 2. The van der Waals surface area contributed by atoms with Gasteiger partial charge in [-0.2, -0.15) is 0 Å². The van der Waals surface area contributed by atoms with Gasteiger partial charge in [-0.25, -0.2) is 0 Å². The zero-order chi connectivity index (χ0) is 32.8. The van der Waals surface area contributed by atoms with Crippen LogP contribution in [0.2, 0.25) is 0 Å². The summed E-state index contributed by atoms with van der Waals surface area (Å²) in [6.07, 6.45) is 17.5. The second-order valence-electron chi connectivity index (χ2n) is 12.7. The number of carbonyl (C=O) groups excluding carboxylic acids is 2. The van der Waals surface area contributed by atoms with Crippen molar-refractivity contribution >= 4 is 88.8 Å². The fourth-order valence-corrected chi connectivity index (χ4v) is 12.7. The van der Waals surface area contributed by atoms with Gasteiger partial charge in [0.1, 0.15) is 0 Å². The van der Waals surface area contributed by atoms with E-state index in [0.717, 1.165) is 65.6 Å². The number of ketones is 2. The van der Waals surface area contributed by atoms with Gasteiger partial charge >= 0.3 is 0 Å². The number of thiophene rings is 4. The normalized spacial score (nSPS) is 13.4. The fourth-order valence-electron chi connectivity index (χ4n) is 6.43. The Labute approximate surface area is 308 Å². The topological polar surface area (TPSA) is 34.1 Å². The molecule has 46 heavy (non-hydrogen) atoms. The molecule has 0 radical (unpaired) electrons. The maximum atomic E-state index is 14.5. The fraction of sp³-hybridized carbons (Fsp3) is 0.526. The molecule has 1 atom stereocenters. The molecule has 4 aromatic rings. The van der Waals surface area contributed by atoms with E-state index in [1.807, 2.05) is 0 Å². The molecule has 0 N–H and O–H groups in total. The highest BCUT2D eigenvalue weighted by Crippen LogP contribution is 2.52. The van der Waals surface area contributed by atoms with Crippen molar-refractivity contribution < 1.29 is 9.59 Å². The summed E-state index contributed by atoms with van der Waals surface area (Å²) in [7, 11) is 0. The predicted molar refractivity (Wildman–Crippen MR) is 210 cm³/mol. The smallest absolute Gasteiger partial charge is 0.205 e. The molecule has 0 saturated carbocycles. The first-order valence-electron chi connectivity index (χ1n) is 17.3. The number of aryl methyl sites for hydroxylation is 2. The largest absolute Gasteiger partial charge is 0.288 e. The molecule has 0 bridgehead atoms. The maximum Gasteiger partial charge on any atom is 0.205 e. The van der Waals surface area contributed by atoms with Crippen LogP contribution in [0.4, 0.5) is 0 Å². The summed E-state index contributed by atoms with van der Waals surface area (Å²) in [6.45, 7) is 8.98. The summed E-state index contributed by atoms with van der Waals surface area (Å²) in [4.78, 5) is 34.9. The minimum atomic E-state index is 0.0237. The van der Waals surface area contributed by atoms with Gasteiger partial charge in [-0.05, 0) is 99.2 Å². The van der Waals surface area contributed by atoms with Gasteiger partial charge in [0.05, 0.1) is 33.3 Å². The van der Waals surface area contributed by atoms with E-state index in [0.29, 0.717) is 27.5 Å². The van der Waals surface area contributed by atoms with E-state index >= 15 is 0 Å².